The standard InChI is InChI=1S/C52H34N4O/c1-4-14-34(15-5-1)35-26-28-36(29-27-35)41-22-13-25-47-49(41)44-33-40(30-31-46(44)57-47)56-45-24-11-10-21-42(45)43-23-12-20-39(50(43)56)32-48-53-51(37-16-6-2-7-17-37)55-52(54-48)38-18-8-3-9-19-38/h1-31,33H,32H2. The van der Waals surface area contributed by atoms with Crippen LogP contribution in [0.3, 0.4) is 0 Å². The predicted molar refractivity (Wildman–Crippen MR) is 232 cm³/mol. The molecule has 0 spiro atoms. The molecule has 0 amide bonds. The second kappa shape index (κ2) is 13.6. The Kier molecular flexibility index (Phi) is 7.81. The molecule has 3 aromatic heterocycles. The molecule has 0 aliphatic carbocycles. The Morgan fingerprint density at radius 2 is 1.02 bits per heavy atom. The molecule has 0 N–H and O–H groups in total. The zero-order valence-electron chi connectivity index (χ0n) is 30.9. The lowest BCUT2D eigenvalue weighted by atomic mass is 9.97. The van der Waals surface area contributed by atoms with Crippen molar-refractivity contribution in [1.82, 2.24) is 19.5 Å². The number of para-hydroxylation sites is 2. The first-order chi connectivity index (χ1) is 28.2. The Labute approximate surface area is 329 Å². The number of rotatable bonds is 7. The third-order valence-electron chi connectivity index (χ3n) is 10.9. The molecule has 0 radical (unpaired) electrons. The molecule has 0 atom stereocenters. The molecule has 0 saturated heterocycles. The molecule has 57 heavy (non-hydrogen) atoms. The van der Waals surface area contributed by atoms with E-state index in [4.69, 9.17) is 19.4 Å². The molecule has 0 bridgehead atoms. The Hall–Kier alpha value is -7.63. The lowest BCUT2D eigenvalue weighted by Gasteiger charge is -2.13. The molecular weight excluding hydrogens is 697 g/mol. The van der Waals surface area contributed by atoms with E-state index in [-0.39, 0.29) is 0 Å². The van der Waals surface area contributed by atoms with Gasteiger partial charge in [0.1, 0.15) is 17.0 Å². The summed E-state index contributed by atoms with van der Waals surface area (Å²) in [5, 5.41) is 4.55. The summed E-state index contributed by atoms with van der Waals surface area (Å²) >= 11 is 0. The summed E-state index contributed by atoms with van der Waals surface area (Å²) in [7, 11) is 0. The van der Waals surface area contributed by atoms with Crippen molar-refractivity contribution in [2.75, 3.05) is 0 Å². The SMILES string of the molecule is c1ccc(-c2ccc(-c3cccc4oc5ccc(-n6c7ccccc7c7cccc(Cc8nc(-c9ccccc9)nc(-c9ccccc9)n8)c76)cc5c34)cc2)cc1. The molecule has 5 nitrogen and oxygen atoms in total. The Morgan fingerprint density at radius 3 is 1.74 bits per heavy atom. The van der Waals surface area contributed by atoms with Crippen molar-refractivity contribution in [2.24, 2.45) is 0 Å². The number of furan rings is 1. The number of nitrogens with zero attached hydrogens (tertiary/aromatic N) is 4. The van der Waals surface area contributed by atoms with Crippen LogP contribution in [0.4, 0.5) is 0 Å². The number of hydrogen-bond acceptors (Lipinski definition) is 4. The van der Waals surface area contributed by atoms with Gasteiger partial charge in [0.2, 0.25) is 0 Å². The summed E-state index contributed by atoms with van der Waals surface area (Å²) in [5.74, 6) is 2.04. The van der Waals surface area contributed by atoms with E-state index < -0.39 is 0 Å². The predicted octanol–water partition coefficient (Wildman–Crippen LogP) is 13.1. The second-order valence-electron chi connectivity index (χ2n) is 14.4. The molecule has 0 saturated carbocycles. The highest BCUT2D eigenvalue weighted by Gasteiger charge is 2.20. The van der Waals surface area contributed by atoms with Crippen LogP contribution in [0.5, 0.6) is 0 Å². The lowest BCUT2D eigenvalue weighted by Crippen LogP contribution is -2.05. The highest BCUT2D eigenvalue weighted by Crippen LogP contribution is 2.40. The molecule has 11 aromatic rings. The summed E-state index contributed by atoms with van der Waals surface area (Å²) in [6.45, 7) is 0. The minimum atomic E-state index is 0.524. The van der Waals surface area contributed by atoms with Crippen LogP contribution < -0.4 is 0 Å². The van der Waals surface area contributed by atoms with E-state index in [2.05, 4.69) is 138 Å². The van der Waals surface area contributed by atoms with Crippen LogP contribution in [-0.2, 0) is 6.42 Å². The number of fused-ring (bicyclic) bond motifs is 6. The summed E-state index contributed by atoms with van der Waals surface area (Å²) in [4.78, 5) is 15.1. The number of benzene rings is 8. The largest absolute Gasteiger partial charge is 0.456 e. The third-order valence-corrected chi connectivity index (χ3v) is 10.9. The van der Waals surface area contributed by atoms with E-state index in [1.807, 2.05) is 60.7 Å². The van der Waals surface area contributed by atoms with Gasteiger partial charge in [-0.25, -0.2) is 15.0 Å². The van der Waals surface area contributed by atoms with Gasteiger partial charge in [0, 0.05) is 44.8 Å². The molecule has 3 heterocycles. The van der Waals surface area contributed by atoms with Gasteiger partial charge < -0.3 is 8.98 Å². The molecule has 8 aromatic carbocycles. The van der Waals surface area contributed by atoms with Crippen LogP contribution in [0, 0.1) is 0 Å². The first kappa shape index (κ1) is 32.8. The van der Waals surface area contributed by atoms with E-state index in [9.17, 15) is 0 Å². The van der Waals surface area contributed by atoms with E-state index in [1.54, 1.807) is 0 Å². The average molecular weight is 731 g/mol. The van der Waals surface area contributed by atoms with Gasteiger partial charge in [0.15, 0.2) is 11.6 Å². The van der Waals surface area contributed by atoms with E-state index in [0.29, 0.717) is 23.9 Å². The van der Waals surface area contributed by atoms with Crippen LogP contribution in [0.15, 0.2) is 199 Å². The van der Waals surface area contributed by atoms with Crippen LogP contribution >= 0.6 is 0 Å². The molecule has 5 heteroatoms. The molecule has 0 aliphatic heterocycles. The van der Waals surface area contributed by atoms with Crippen LogP contribution in [-0.4, -0.2) is 19.5 Å². The van der Waals surface area contributed by atoms with Gasteiger partial charge in [-0.05, 0) is 58.1 Å². The normalized spacial score (nSPS) is 11.6. The number of aromatic nitrogens is 4. The smallest absolute Gasteiger partial charge is 0.163 e. The van der Waals surface area contributed by atoms with E-state index in [0.717, 1.165) is 66.5 Å². The summed E-state index contributed by atoms with van der Waals surface area (Å²) in [6, 6.07) is 67.8. The van der Waals surface area contributed by atoms with Crippen LogP contribution in [0.25, 0.3) is 94.5 Å². The maximum atomic E-state index is 6.52. The Bertz CT molecular complexity index is 3180. The van der Waals surface area contributed by atoms with Crippen molar-refractivity contribution < 1.29 is 4.42 Å². The van der Waals surface area contributed by atoms with Crippen LogP contribution in [0.2, 0.25) is 0 Å². The second-order valence-corrected chi connectivity index (χ2v) is 14.4. The molecule has 268 valence electrons. The van der Waals surface area contributed by atoms with Crippen molar-refractivity contribution in [3.05, 3.63) is 206 Å². The monoisotopic (exact) mass is 730 g/mol. The summed E-state index contributed by atoms with van der Waals surface area (Å²) in [5.41, 5.74) is 12.8. The van der Waals surface area contributed by atoms with Crippen molar-refractivity contribution in [3.8, 4) is 50.7 Å². The van der Waals surface area contributed by atoms with Gasteiger partial charge in [0.05, 0.1) is 11.0 Å². The summed E-state index contributed by atoms with van der Waals surface area (Å²) < 4.78 is 8.92. The van der Waals surface area contributed by atoms with Gasteiger partial charge in [-0.3, -0.25) is 0 Å². The Balaban J connectivity index is 1.08. The molecule has 0 aliphatic rings. The maximum absolute atomic E-state index is 6.52. The van der Waals surface area contributed by atoms with Crippen LogP contribution in [0.1, 0.15) is 11.4 Å². The van der Waals surface area contributed by atoms with Crippen molar-refractivity contribution >= 4 is 43.7 Å². The zero-order chi connectivity index (χ0) is 37.7. The summed E-state index contributed by atoms with van der Waals surface area (Å²) in [6.07, 6.45) is 0.524. The van der Waals surface area contributed by atoms with Gasteiger partial charge in [-0.2, -0.15) is 0 Å². The minimum absolute atomic E-state index is 0.524. The highest BCUT2D eigenvalue weighted by atomic mass is 16.3. The van der Waals surface area contributed by atoms with Gasteiger partial charge in [0.25, 0.3) is 0 Å². The first-order valence-electron chi connectivity index (χ1n) is 19.2. The third kappa shape index (κ3) is 5.76. The quantitative estimate of drug-likeness (QED) is 0.164. The Morgan fingerprint density at radius 1 is 0.421 bits per heavy atom. The average Bonchev–Trinajstić information content (AvgIpc) is 3.83. The minimum Gasteiger partial charge on any atom is -0.456 e. The van der Waals surface area contributed by atoms with Gasteiger partial charge in [-0.15, -0.1) is 0 Å². The van der Waals surface area contributed by atoms with Crippen molar-refractivity contribution in [3.63, 3.8) is 0 Å². The van der Waals surface area contributed by atoms with Gasteiger partial charge >= 0.3 is 0 Å². The van der Waals surface area contributed by atoms with Crippen molar-refractivity contribution in [1.29, 1.82) is 0 Å². The van der Waals surface area contributed by atoms with Gasteiger partial charge in [-0.1, -0.05) is 164 Å². The van der Waals surface area contributed by atoms with E-state index in [1.165, 1.54) is 21.9 Å². The number of hydrogen-bond donors (Lipinski definition) is 0. The fraction of sp³-hybridized carbons (Fsp3) is 0.0192. The first-order valence-corrected chi connectivity index (χ1v) is 19.2. The fourth-order valence-corrected chi connectivity index (χ4v) is 8.27. The zero-order valence-corrected chi connectivity index (χ0v) is 30.9. The molecular formula is C52H34N4O. The van der Waals surface area contributed by atoms with Crippen molar-refractivity contribution in [2.45, 2.75) is 6.42 Å². The van der Waals surface area contributed by atoms with E-state index >= 15 is 0 Å². The lowest BCUT2D eigenvalue weighted by molar-refractivity contribution is 0.669. The maximum Gasteiger partial charge on any atom is 0.163 e. The topological polar surface area (TPSA) is 56.7 Å². The molecule has 0 fully saturated rings. The molecule has 11 rings (SSSR count). The highest BCUT2D eigenvalue weighted by molar-refractivity contribution is 6.14. The fourth-order valence-electron chi connectivity index (χ4n) is 8.27. The molecule has 0 unspecified atom stereocenters.